The summed E-state index contributed by atoms with van der Waals surface area (Å²) in [6.07, 6.45) is 57.0. The lowest BCUT2D eigenvalue weighted by Gasteiger charge is -2.21. The first-order valence-electron chi connectivity index (χ1n) is 41.7. The van der Waals surface area contributed by atoms with E-state index in [1.165, 1.54) is 212 Å². The Labute approximate surface area is 613 Å². The number of phosphoric ester groups is 2. The number of rotatable bonds is 78. The fourth-order valence-corrected chi connectivity index (χ4v) is 14.0. The summed E-state index contributed by atoms with van der Waals surface area (Å²) in [5.41, 5.74) is 0. The van der Waals surface area contributed by atoms with E-state index in [2.05, 4.69) is 55.4 Å². The SMILES string of the molecule is CCC(C)CCCCCCCCCCCCCCCCCCCCC(=O)O[C@H](COC(=O)CCCCCCCCCC(C)C)COP(=O)(O)OCC(O)COP(=O)(O)OC[C@@H](COC(=O)CCCCCCCCCCCCC(C)C)OC(=O)CCCCCCCCCCCCCCC(C)C. The molecule has 0 amide bonds. The highest BCUT2D eigenvalue weighted by Gasteiger charge is 2.30. The van der Waals surface area contributed by atoms with Gasteiger partial charge < -0.3 is 33.8 Å². The van der Waals surface area contributed by atoms with Crippen LogP contribution in [0.4, 0.5) is 0 Å². The summed E-state index contributed by atoms with van der Waals surface area (Å²) in [5, 5.41) is 10.6. The Morgan fingerprint density at radius 1 is 0.280 bits per heavy atom. The van der Waals surface area contributed by atoms with Gasteiger partial charge in [0.1, 0.15) is 19.3 Å². The van der Waals surface area contributed by atoms with Crippen LogP contribution in [-0.2, 0) is 65.4 Å². The van der Waals surface area contributed by atoms with Gasteiger partial charge in [0.2, 0.25) is 0 Å². The van der Waals surface area contributed by atoms with E-state index in [1.807, 2.05) is 0 Å². The molecule has 0 fully saturated rings. The Bertz CT molecular complexity index is 1960. The lowest BCUT2D eigenvalue weighted by atomic mass is 9.99. The molecule has 0 radical (unpaired) electrons. The van der Waals surface area contributed by atoms with Gasteiger partial charge in [0.25, 0.3) is 0 Å². The number of carbonyl (C=O) groups excluding carboxylic acids is 4. The highest BCUT2D eigenvalue weighted by atomic mass is 31.2. The second-order valence-electron chi connectivity index (χ2n) is 30.8. The summed E-state index contributed by atoms with van der Waals surface area (Å²) in [6, 6.07) is 0. The third-order valence-electron chi connectivity index (χ3n) is 19.2. The van der Waals surface area contributed by atoms with Gasteiger partial charge in [-0.05, 0) is 49.4 Å². The zero-order valence-corrected chi connectivity index (χ0v) is 67.6. The van der Waals surface area contributed by atoms with Crippen molar-refractivity contribution in [3.05, 3.63) is 0 Å². The van der Waals surface area contributed by atoms with Gasteiger partial charge in [-0.15, -0.1) is 0 Å². The fraction of sp³-hybridized carbons (Fsp3) is 0.951. The minimum absolute atomic E-state index is 0.106. The maximum atomic E-state index is 13.1. The predicted octanol–water partition coefficient (Wildman–Crippen LogP) is 24.0. The molecular formula is C81H158O17P2. The Kier molecular flexibility index (Phi) is 68.7. The van der Waals surface area contributed by atoms with Crippen molar-refractivity contribution in [1.29, 1.82) is 0 Å². The molecule has 0 saturated heterocycles. The summed E-state index contributed by atoms with van der Waals surface area (Å²) < 4.78 is 68.7. The summed E-state index contributed by atoms with van der Waals surface area (Å²) in [4.78, 5) is 73.0. The number of phosphoric acid groups is 2. The molecule has 594 valence electrons. The number of carbonyl (C=O) groups is 4. The number of ether oxygens (including phenoxy) is 4. The van der Waals surface area contributed by atoms with Crippen molar-refractivity contribution in [2.24, 2.45) is 23.7 Å². The first-order chi connectivity index (χ1) is 48.1. The molecular weight excluding hydrogens is 1310 g/mol. The minimum Gasteiger partial charge on any atom is -0.462 e. The van der Waals surface area contributed by atoms with Gasteiger partial charge in [0.05, 0.1) is 26.4 Å². The highest BCUT2D eigenvalue weighted by Crippen LogP contribution is 2.45. The molecule has 4 unspecified atom stereocenters. The molecule has 0 aromatic carbocycles. The molecule has 0 aromatic rings. The largest absolute Gasteiger partial charge is 0.472 e. The number of hydrogen-bond acceptors (Lipinski definition) is 15. The molecule has 0 aliphatic heterocycles. The van der Waals surface area contributed by atoms with Gasteiger partial charge in [0, 0.05) is 25.7 Å². The van der Waals surface area contributed by atoms with Crippen molar-refractivity contribution >= 4 is 39.5 Å². The first-order valence-corrected chi connectivity index (χ1v) is 44.7. The van der Waals surface area contributed by atoms with Crippen LogP contribution in [0.3, 0.4) is 0 Å². The van der Waals surface area contributed by atoms with Crippen molar-refractivity contribution in [2.75, 3.05) is 39.6 Å². The van der Waals surface area contributed by atoms with E-state index in [4.69, 9.17) is 37.0 Å². The van der Waals surface area contributed by atoms with E-state index in [9.17, 15) is 43.2 Å². The van der Waals surface area contributed by atoms with E-state index < -0.39 is 97.5 Å². The number of esters is 4. The minimum atomic E-state index is -4.96. The molecule has 100 heavy (non-hydrogen) atoms. The fourth-order valence-electron chi connectivity index (χ4n) is 12.4. The van der Waals surface area contributed by atoms with Crippen molar-refractivity contribution in [2.45, 2.75) is 433 Å². The van der Waals surface area contributed by atoms with Crippen molar-refractivity contribution in [3.8, 4) is 0 Å². The molecule has 19 heteroatoms. The van der Waals surface area contributed by atoms with E-state index in [0.29, 0.717) is 31.6 Å². The second kappa shape index (κ2) is 70.1. The van der Waals surface area contributed by atoms with Crippen LogP contribution in [-0.4, -0.2) is 96.7 Å². The molecule has 0 spiro atoms. The lowest BCUT2D eigenvalue weighted by molar-refractivity contribution is -0.161. The third kappa shape index (κ3) is 73.0. The van der Waals surface area contributed by atoms with Crippen LogP contribution in [0.25, 0.3) is 0 Å². The van der Waals surface area contributed by atoms with Crippen LogP contribution >= 0.6 is 15.6 Å². The predicted molar refractivity (Wildman–Crippen MR) is 409 cm³/mol. The van der Waals surface area contributed by atoms with E-state index in [-0.39, 0.29) is 25.7 Å². The van der Waals surface area contributed by atoms with Crippen LogP contribution in [0.2, 0.25) is 0 Å². The molecule has 0 aliphatic carbocycles. The second-order valence-corrected chi connectivity index (χ2v) is 33.7. The molecule has 3 N–H and O–H groups in total. The van der Waals surface area contributed by atoms with Crippen molar-refractivity contribution < 1.29 is 80.2 Å². The molecule has 17 nitrogen and oxygen atoms in total. The van der Waals surface area contributed by atoms with E-state index in [1.54, 1.807) is 0 Å². The number of unbranched alkanes of at least 4 members (excludes halogenated alkanes) is 43. The number of aliphatic hydroxyl groups is 1. The normalized spacial score (nSPS) is 14.3. The van der Waals surface area contributed by atoms with Crippen LogP contribution in [0.1, 0.15) is 415 Å². The topological polar surface area (TPSA) is 237 Å². The summed E-state index contributed by atoms with van der Waals surface area (Å²) in [7, 11) is -9.92. The Morgan fingerprint density at radius 3 is 0.710 bits per heavy atom. The summed E-state index contributed by atoms with van der Waals surface area (Å²) in [5.74, 6) is 0.995. The molecule has 0 bridgehead atoms. The third-order valence-corrected chi connectivity index (χ3v) is 21.1. The Morgan fingerprint density at radius 2 is 0.480 bits per heavy atom. The number of aliphatic hydroxyl groups excluding tert-OH is 1. The van der Waals surface area contributed by atoms with Crippen LogP contribution in [0.5, 0.6) is 0 Å². The van der Waals surface area contributed by atoms with Crippen molar-refractivity contribution in [1.82, 2.24) is 0 Å². The monoisotopic (exact) mass is 1470 g/mol. The van der Waals surface area contributed by atoms with Crippen molar-refractivity contribution in [3.63, 3.8) is 0 Å². The van der Waals surface area contributed by atoms with Gasteiger partial charge in [-0.3, -0.25) is 37.3 Å². The lowest BCUT2D eigenvalue weighted by Crippen LogP contribution is -2.30. The van der Waals surface area contributed by atoms with E-state index >= 15 is 0 Å². The van der Waals surface area contributed by atoms with Crippen LogP contribution in [0.15, 0.2) is 0 Å². The summed E-state index contributed by atoms with van der Waals surface area (Å²) >= 11 is 0. The van der Waals surface area contributed by atoms with Gasteiger partial charge in [-0.2, -0.15) is 0 Å². The van der Waals surface area contributed by atoms with E-state index in [0.717, 1.165) is 114 Å². The van der Waals surface area contributed by atoms with Gasteiger partial charge in [-0.25, -0.2) is 9.13 Å². The van der Waals surface area contributed by atoms with Gasteiger partial charge >= 0.3 is 39.5 Å². The Hall–Kier alpha value is -1.94. The molecule has 0 saturated carbocycles. The molecule has 0 aliphatic rings. The zero-order valence-electron chi connectivity index (χ0n) is 65.8. The van der Waals surface area contributed by atoms with Crippen LogP contribution < -0.4 is 0 Å². The van der Waals surface area contributed by atoms with Gasteiger partial charge in [0.15, 0.2) is 12.2 Å². The standard InChI is InChI=1S/C81H158O17P2/c1-9-74(8)60-52-44-36-28-21-16-14-12-10-11-13-15-17-22-30-38-47-55-63-80(85)98-77(68-92-79(84)62-54-46-40-32-35-43-51-59-73(6)7)70-96-100(89,90)94-66-75(82)65-93-99(87,88)95-69-76(67-91-78(83)61-53-45-37-29-25-24-27-34-42-50-58-72(4)5)97-81(86)64-56-48-39-31-23-19-18-20-26-33-41-49-57-71(2)3/h71-77,82H,9-70H2,1-8H3,(H,87,88)(H,89,90)/t74?,75?,76-,77-/m1/s1. The maximum Gasteiger partial charge on any atom is 0.472 e. The quantitative estimate of drug-likeness (QED) is 0.0222. The maximum absolute atomic E-state index is 13.1. The zero-order chi connectivity index (χ0) is 73.8. The van der Waals surface area contributed by atoms with Crippen LogP contribution in [0, 0.1) is 23.7 Å². The molecule has 0 rings (SSSR count). The molecule has 6 atom stereocenters. The molecule has 0 aromatic heterocycles. The number of hydrogen-bond donors (Lipinski definition) is 3. The average molecular weight is 1470 g/mol. The first kappa shape index (κ1) is 98.1. The Balaban J connectivity index is 5.19. The molecule has 0 heterocycles. The summed E-state index contributed by atoms with van der Waals surface area (Å²) in [6.45, 7) is 14.3. The average Bonchev–Trinajstić information content (AvgIpc) is 0.918. The highest BCUT2D eigenvalue weighted by molar-refractivity contribution is 7.47. The van der Waals surface area contributed by atoms with Gasteiger partial charge in [-0.1, -0.05) is 364 Å². The smallest absolute Gasteiger partial charge is 0.462 e.